The molecule has 0 rings (SSSR count). The Bertz CT molecular complexity index is 885. The molecule has 1 atom stereocenters. The highest BCUT2D eigenvalue weighted by Crippen LogP contribution is 2.25. The summed E-state index contributed by atoms with van der Waals surface area (Å²) in [7, 11) is -0.831. The Morgan fingerprint density at radius 1 is 0.400 bits per heavy atom. The monoisotopic (exact) mass is 954 g/mol. The zero-order valence-corrected chi connectivity index (χ0v) is 47.0. The van der Waals surface area contributed by atoms with Gasteiger partial charge in [-0.15, -0.1) is 0 Å². The van der Waals surface area contributed by atoms with Crippen molar-refractivity contribution in [1.29, 1.82) is 0 Å². The van der Waals surface area contributed by atoms with Crippen molar-refractivity contribution in [2.24, 2.45) is 0 Å². The van der Waals surface area contributed by atoms with Crippen molar-refractivity contribution < 1.29 is 18.1 Å². The van der Waals surface area contributed by atoms with Crippen LogP contribution in [0.15, 0.2) is 0 Å². The van der Waals surface area contributed by atoms with Crippen LogP contribution in [0.4, 0.5) is 0 Å². The summed E-state index contributed by atoms with van der Waals surface area (Å²) in [5.74, 6) is 0.837. The zero-order chi connectivity index (χ0) is 47.3. The highest BCUT2D eigenvalue weighted by Gasteiger charge is 2.41. The fraction of sp³-hybridized carbons (Fsp3) is 0.983. The quantitative estimate of drug-likeness (QED) is 0.0484. The zero-order valence-electron chi connectivity index (χ0n) is 45.2. The van der Waals surface area contributed by atoms with Gasteiger partial charge in [-0.1, -0.05) is 296 Å². The Hall–Kier alpha value is 0.0769. The fourth-order valence-electron chi connectivity index (χ4n) is 9.23. The first-order chi connectivity index (χ1) is 32.1. The lowest BCUT2D eigenvalue weighted by molar-refractivity contribution is -0.111. The van der Waals surface area contributed by atoms with E-state index in [4.69, 9.17) is 13.3 Å². The molecular formula is C58H119NO4SSi. The van der Waals surface area contributed by atoms with Crippen molar-refractivity contribution in [3.05, 3.63) is 0 Å². The molecule has 1 unspecified atom stereocenters. The van der Waals surface area contributed by atoms with Gasteiger partial charge in [-0.2, -0.15) is 0 Å². The van der Waals surface area contributed by atoms with Crippen molar-refractivity contribution in [1.82, 2.24) is 5.32 Å². The minimum absolute atomic E-state index is 0.313. The predicted octanol–water partition coefficient (Wildman–Crippen LogP) is 19.8. The molecule has 390 valence electrons. The number of rotatable bonds is 57. The first-order valence-corrected chi connectivity index (χ1v) is 32.7. The minimum Gasteiger partial charge on any atom is -0.373 e. The minimum atomic E-state index is -2.93. The highest BCUT2D eigenvalue weighted by atomic mass is 32.2. The Morgan fingerprint density at radius 2 is 0.708 bits per heavy atom. The maximum atomic E-state index is 12.8. The van der Waals surface area contributed by atoms with Gasteiger partial charge in [-0.05, 0) is 39.2 Å². The maximum Gasteiger partial charge on any atom is 0.501 e. The predicted molar refractivity (Wildman–Crippen MR) is 294 cm³/mol. The van der Waals surface area contributed by atoms with Crippen molar-refractivity contribution in [3.63, 3.8) is 0 Å². The summed E-state index contributed by atoms with van der Waals surface area (Å²) < 4.78 is 20.8. The third-order valence-electron chi connectivity index (χ3n) is 13.8. The molecule has 7 heteroatoms. The normalized spacial score (nSPS) is 12.4. The second kappa shape index (κ2) is 55.0. The van der Waals surface area contributed by atoms with Gasteiger partial charge < -0.3 is 18.6 Å². The van der Waals surface area contributed by atoms with Gasteiger partial charge in [0.05, 0.1) is 6.61 Å². The molecule has 0 aliphatic heterocycles. The summed E-state index contributed by atoms with van der Waals surface area (Å²) in [6.07, 6.45) is 60.5. The number of hydrogen-bond acceptors (Lipinski definition) is 6. The number of thioether (sulfide) groups is 1. The Labute approximate surface area is 414 Å². The number of unbranched alkanes of at least 4 members (excludes halogenated alkanes) is 39. The average molecular weight is 955 g/mol. The topological polar surface area (TPSA) is 56.8 Å². The van der Waals surface area contributed by atoms with E-state index in [1.807, 2.05) is 0 Å². The molecule has 0 radical (unpaired) electrons. The molecular weight excluding hydrogens is 835 g/mol. The van der Waals surface area contributed by atoms with E-state index in [0.29, 0.717) is 24.2 Å². The van der Waals surface area contributed by atoms with Crippen LogP contribution < -0.4 is 5.32 Å². The lowest BCUT2D eigenvalue weighted by Gasteiger charge is -2.32. The molecule has 0 saturated carbocycles. The molecule has 0 aromatic rings. The summed E-state index contributed by atoms with van der Waals surface area (Å²) in [4.78, 5) is 12.8. The molecule has 0 aromatic heterocycles. The number of hydrogen-bond donors (Lipinski definition) is 1. The smallest absolute Gasteiger partial charge is 0.373 e. The van der Waals surface area contributed by atoms with E-state index in [1.54, 1.807) is 0 Å². The van der Waals surface area contributed by atoms with Gasteiger partial charge in [-0.25, -0.2) is 0 Å². The Kier molecular flexibility index (Phi) is 55.1. The van der Waals surface area contributed by atoms with Gasteiger partial charge in [0.15, 0.2) is 5.12 Å². The van der Waals surface area contributed by atoms with Crippen molar-refractivity contribution in [3.8, 4) is 0 Å². The maximum absolute atomic E-state index is 12.8. The van der Waals surface area contributed by atoms with Gasteiger partial charge in [0.2, 0.25) is 0 Å². The van der Waals surface area contributed by atoms with Crippen LogP contribution in [0.25, 0.3) is 0 Å². The van der Waals surface area contributed by atoms with Crippen LogP contribution >= 0.6 is 11.8 Å². The molecule has 0 aliphatic rings. The second-order valence-electron chi connectivity index (χ2n) is 20.3. The van der Waals surface area contributed by atoms with Crippen LogP contribution in [0.1, 0.15) is 323 Å². The third-order valence-corrected chi connectivity index (χ3v) is 17.7. The summed E-state index contributed by atoms with van der Waals surface area (Å²) in [6.45, 7) is 11.3. The first-order valence-electron chi connectivity index (χ1n) is 29.8. The Balaban J connectivity index is 5.04. The molecule has 0 spiro atoms. The van der Waals surface area contributed by atoms with E-state index in [9.17, 15) is 4.79 Å². The van der Waals surface area contributed by atoms with Gasteiger partial charge in [0, 0.05) is 37.5 Å². The largest absolute Gasteiger partial charge is 0.501 e. The van der Waals surface area contributed by atoms with Crippen molar-refractivity contribution in [2.75, 3.05) is 32.6 Å². The summed E-state index contributed by atoms with van der Waals surface area (Å²) >= 11 is 1.53. The molecule has 0 aromatic carbocycles. The van der Waals surface area contributed by atoms with Gasteiger partial charge in [0.1, 0.15) is 0 Å². The van der Waals surface area contributed by atoms with E-state index in [-0.39, 0.29) is 0 Å². The van der Waals surface area contributed by atoms with Gasteiger partial charge in [-0.3, -0.25) is 4.79 Å². The summed E-state index contributed by atoms with van der Waals surface area (Å²) in [6, 6.07) is 1.13. The SMILES string of the molecule is CCCCCCCCCCCCCCCCCCCCC(CO[Si](CCCSC(=O)CCCCCCC)(OCCCCCCCCCCCC)OCCCCCCCCCCCC)NC. The first kappa shape index (κ1) is 65.1. The van der Waals surface area contributed by atoms with Crippen LogP contribution in [0.3, 0.4) is 0 Å². The molecule has 0 amide bonds. The van der Waals surface area contributed by atoms with E-state index < -0.39 is 8.80 Å². The molecule has 0 heterocycles. The molecule has 1 N–H and O–H groups in total. The number of carbonyl (C=O) groups excluding carboxylic acids is 1. The third kappa shape index (κ3) is 48.9. The number of carbonyl (C=O) groups is 1. The van der Waals surface area contributed by atoms with E-state index in [2.05, 4.69) is 40.1 Å². The molecule has 0 saturated heterocycles. The highest BCUT2D eigenvalue weighted by molar-refractivity contribution is 8.13. The lowest BCUT2D eigenvalue weighted by atomic mass is 10.0. The van der Waals surface area contributed by atoms with Gasteiger partial charge >= 0.3 is 8.80 Å². The fourth-order valence-corrected chi connectivity index (χ4v) is 12.9. The van der Waals surface area contributed by atoms with E-state index in [1.165, 1.54) is 269 Å². The van der Waals surface area contributed by atoms with Crippen LogP contribution in [-0.4, -0.2) is 52.6 Å². The Morgan fingerprint density at radius 3 is 1.05 bits per heavy atom. The van der Waals surface area contributed by atoms with E-state index in [0.717, 1.165) is 57.1 Å². The van der Waals surface area contributed by atoms with Crippen molar-refractivity contribution in [2.45, 2.75) is 335 Å². The van der Waals surface area contributed by atoms with Crippen LogP contribution in [-0.2, 0) is 18.1 Å². The molecule has 65 heavy (non-hydrogen) atoms. The second-order valence-corrected chi connectivity index (χ2v) is 24.2. The molecule has 0 bridgehead atoms. The van der Waals surface area contributed by atoms with Crippen LogP contribution in [0, 0.1) is 0 Å². The average Bonchev–Trinajstić information content (AvgIpc) is 3.31. The number of nitrogens with one attached hydrogen (secondary N) is 1. The van der Waals surface area contributed by atoms with E-state index >= 15 is 0 Å². The van der Waals surface area contributed by atoms with Crippen LogP contribution in [0.5, 0.6) is 0 Å². The lowest BCUT2D eigenvalue weighted by Crippen LogP contribution is -2.49. The summed E-state index contributed by atoms with van der Waals surface area (Å²) in [5.41, 5.74) is 0. The molecule has 5 nitrogen and oxygen atoms in total. The van der Waals surface area contributed by atoms with Gasteiger partial charge in [0.25, 0.3) is 0 Å². The molecule has 0 aliphatic carbocycles. The van der Waals surface area contributed by atoms with Crippen molar-refractivity contribution >= 4 is 25.7 Å². The van der Waals surface area contributed by atoms with Crippen LogP contribution in [0.2, 0.25) is 6.04 Å². The standard InChI is InChI=1S/C58H119NO4SSi/c1-6-10-14-18-21-24-27-28-29-30-31-32-33-34-35-38-42-45-50-57(59-5)56-63-65(55-49-54-64-58(60)51-46-41-17-13-9-4,61-52-47-43-39-36-25-22-19-15-11-7-2)62-53-48-44-40-37-26-23-20-16-12-8-3/h57,59H,6-56H2,1-5H3. The summed E-state index contributed by atoms with van der Waals surface area (Å²) in [5, 5.41) is 3.96. The molecule has 0 fully saturated rings. The number of likely N-dealkylation sites (N-methyl/N-ethyl adjacent to an activating group) is 1.